The molecule has 1 aromatic rings. The molecule has 0 saturated carbocycles. The minimum absolute atomic E-state index is 0.214. The molecule has 1 rings (SSSR count). The zero-order chi connectivity index (χ0) is 12.0. The van der Waals surface area contributed by atoms with Gasteiger partial charge in [0.1, 0.15) is 11.6 Å². The summed E-state index contributed by atoms with van der Waals surface area (Å²) in [5.41, 5.74) is 0.849. The van der Waals surface area contributed by atoms with Gasteiger partial charge in [0, 0.05) is 6.04 Å². The van der Waals surface area contributed by atoms with Crippen LogP contribution in [-0.4, -0.2) is 19.7 Å². The molecule has 2 nitrogen and oxygen atoms in total. The van der Waals surface area contributed by atoms with Gasteiger partial charge in [0.05, 0.1) is 6.61 Å². The van der Waals surface area contributed by atoms with Gasteiger partial charge in [0.15, 0.2) is 0 Å². The van der Waals surface area contributed by atoms with E-state index in [1.54, 1.807) is 6.07 Å². The van der Waals surface area contributed by atoms with Gasteiger partial charge in [-0.15, -0.1) is 0 Å². The van der Waals surface area contributed by atoms with Crippen LogP contribution in [0.5, 0.6) is 5.75 Å². The third-order valence-electron chi connectivity index (χ3n) is 2.67. The number of hydrogen-bond donors (Lipinski definition) is 1. The summed E-state index contributed by atoms with van der Waals surface area (Å²) >= 11 is 0. The Morgan fingerprint density at radius 3 is 2.81 bits per heavy atom. The molecule has 0 aliphatic heterocycles. The summed E-state index contributed by atoms with van der Waals surface area (Å²) in [6, 6.07) is 5.12. The molecule has 0 aliphatic carbocycles. The second-order valence-electron chi connectivity index (χ2n) is 4.09. The molecule has 0 bridgehead atoms. The predicted molar refractivity (Wildman–Crippen MR) is 64.4 cm³/mol. The largest absolute Gasteiger partial charge is 0.493 e. The number of ether oxygens (including phenoxy) is 1. The lowest BCUT2D eigenvalue weighted by molar-refractivity contribution is 0.297. The maximum absolute atomic E-state index is 12.8. The molecular weight excluding hydrogens is 205 g/mol. The maximum atomic E-state index is 12.8. The molecule has 16 heavy (non-hydrogen) atoms. The van der Waals surface area contributed by atoms with Gasteiger partial charge >= 0.3 is 0 Å². The van der Waals surface area contributed by atoms with E-state index in [1.807, 2.05) is 14.0 Å². The molecule has 1 unspecified atom stereocenters. The van der Waals surface area contributed by atoms with Crippen molar-refractivity contribution in [2.24, 2.45) is 0 Å². The first-order chi connectivity index (χ1) is 7.63. The van der Waals surface area contributed by atoms with Gasteiger partial charge < -0.3 is 10.1 Å². The molecule has 3 heteroatoms. The van der Waals surface area contributed by atoms with Crippen LogP contribution in [0.15, 0.2) is 18.2 Å². The van der Waals surface area contributed by atoms with Gasteiger partial charge in [-0.3, -0.25) is 0 Å². The Bertz CT molecular complexity index is 328. The van der Waals surface area contributed by atoms with Crippen LogP contribution < -0.4 is 10.1 Å². The summed E-state index contributed by atoms with van der Waals surface area (Å²) in [6.07, 6.45) is 2.08. The van der Waals surface area contributed by atoms with Crippen molar-refractivity contribution < 1.29 is 9.13 Å². The van der Waals surface area contributed by atoms with Gasteiger partial charge in [0.25, 0.3) is 0 Å². The van der Waals surface area contributed by atoms with Crippen LogP contribution in [0.4, 0.5) is 4.39 Å². The van der Waals surface area contributed by atoms with E-state index in [0.717, 1.165) is 24.2 Å². The fourth-order valence-electron chi connectivity index (χ4n) is 1.49. The van der Waals surface area contributed by atoms with E-state index in [-0.39, 0.29) is 5.82 Å². The van der Waals surface area contributed by atoms with Crippen molar-refractivity contribution in [2.75, 3.05) is 13.7 Å². The Balaban J connectivity index is 2.32. The van der Waals surface area contributed by atoms with E-state index >= 15 is 0 Å². The van der Waals surface area contributed by atoms with Gasteiger partial charge in [-0.05, 0) is 57.5 Å². The lowest BCUT2D eigenvalue weighted by Gasteiger charge is -2.11. The fraction of sp³-hybridized carbons (Fsp3) is 0.538. The molecule has 0 spiro atoms. The average molecular weight is 225 g/mol. The molecule has 1 N–H and O–H groups in total. The lowest BCUT2D eigenvalue weighted by Crippen LogP contribution is -2.21. The summed E-state index contributed by atoms with van der Waals surface area (Å²) in [4.78, 5) is 0. The van der Waals surface area contributed by atoms with Crippen molar-refractivity contribution >= 4 is 0 Å². The van der Waals surface area contributed by atoms with Crippen molar-refractivity contribution in [3.8, 4) is 5.75 Å². The van der Waals surface area contributed by atoms with Gasteiger partial charge in [-0.25, -0.2) is 4.39 Å². The smallest absolute Gasteiger partial charge is 0.123 e. The zero-order valence-corrected chi connectivity index (χ0v) is 10.2. The van der Waals surface area contributed by atoms with E-state index in [0.29, 0.717) is 12.6 Å². The van der Waals surface area contributed by atoms with E-state index < -0.39 is 0 Å². The van der Waals surface area contributed by atoms with Crippen LogP contribution in [-0.2, 0) is 0 Å². The molecule has 0 fully saturated rings. The summed E-state index contributed by atoms with van der Waals surface area (Å²) < 4.78 is 18.4. The first kappa shape index (κ1) is 13.0. The van der Waals surface area contributed by atoms with E-state index in [2.05, 4.69) is 12.2 Å². The summed E-state index contributed by atoms with van der Waals surface area (Å²) in [6.45, 7) is 4.68. The SMILES string of the molecule is CNC(C)CCCOc1ccc(F)cc1C. The van der Waals surface area contributed by atoms with E-state index in [1.165, 1.54) is 12.1 Å². The number of aryl methyl sites for hydroxylation is 1. The monoisotopic (exact) mass is 225 g/mol. The minimum atomic E-state index is -0.214. The second-order valence-corrected chi connectivity index (χ2v) is 4.09. The quantitative estimate of drug-likeness (QED) is 0.752. The molecule has 0 heterocycles. The Morgan fingerprint density at radius 2 is 2.19 bits per heavy atom. The molecule has 90 valence electrons. The number of nitrogens with one attached hydrogen (secondary N) is 1. The summed E-state index contributed by atoms with van der Waals surface area (Å²) in [5.74, 6) is 0.562. The molecule has 0 amide bonds. The number of rotatable bonds is 6. The van der Waals surface area contributed by atoms with Crippen LogP contribution in [0.25, 0.3) is 0 Å². The first-order valence-electron chi connectivity index (χ1n) is 5.69. The van der Waals surface area contributed by atoms with Crippen molar-refractivity contribution in [1.82, 2.24) is 5.32 Å². The van der Waals surface area contributed by atoms with Crippen molar-refractivity contribution in [1.29, 1.82) is 0 Å². The molecule has 0 aliphatic rings. The van der Waals surface area contributed by atoms with E-state index in [4.69, 9.17) is 4.74 Å². The minimum Gasteiger partial charge on any atom is -0.493 e. The number of hydrogen-bond acceptors (Lipinski definition) is 2. The van der Waals surface area contributed by atoms with Crippen LogP contribution in [0.3, 0.4) is 0 Å². The Hall–Kier alpha value is -1.09. The highest BCUT2D eigenvalue weighted by Gasteiger charge is 2.02. The molecule has 1 aromatic carbocycles. The lowest BCUT2D eigenvalue weighted by atomic mass is 10.2. The van der Waals surface area contributed by atoms with Gasteiger partial charge in [-0.1, -0.05) is 0 Å². The predicted octanol–water partition coefficient (Wildman–Crippen LogP) is 2.90. The molecule has 1 atom stereocenters. The van der Waals surface area contributed by atoms with Crippen LogP contribution in [0.1, 0.15) is 25.3 Å². The van der Waals surface area contributed by atoms with Crippen LogP contribution in [0.2, 0.25) is 0 Å². The zero-order valence-electron chi connectivity index (χ0n) is 10.2. The fourth-order valence-corrected chi connectivity index (χ4v) is 1.49. The summed E-state index contributed by atoms with van der Waals surface area (Å²) in [5, 5.41) is 3.18. The highest BCUT2D eigenvalue weighted by atomic mass is 19.1. The van der Waals surface area contributed by atoms with Crippen LogP contribution in [0, 0.1) is 12.7 Å². The number of halogens is 1. The van der Waals surface area contributed by atoms with E-state index in [9.17, 15) is 4.39 Å². The normalized spacial score (nSPS) is 12.5. The first-order valence-corrected chi connectivity index (χ1v) is 5.69. The average Bonchev–Trinajstić information content (AvgIpc) is 2.26. The van der Waals surface area contributed by atoms with Crippen LogP contribution >= 0.6 is 0 Å². The molecule has 0 saturated heterocycles. The molecule has 0 radical (unpaired) electrons. The van der Waals surface area contributed by atoms with Crippen molar-refractivity contribution in [3.63, 3.8) is 0 Å². The Labute approximate surface area is 96.8 Å². The number of benzene rings is 1. The van der Waals surface area contributed by atoms with Gasteiger partial charge in [0.2, 0.25) is 0 Å². The Morgan fingerprint density at radius 1 is 1.44 bits per heavy atom. The third kappa shape index (κ3) is 4.19. The molecular formula is C13H20FNO. The maximum Gasteiger partial charge on any atom is 0.123 e. The van der Waals surface area contributed by atoms with Crippen molar-refractivity contribution in [3.05, 3.63) is 29.6 Å². The molecule has 0 aromatic heterocycles. The highest BCUT2D eigenvalue weighted by Crippen LogP contribution is 2.18. The standard InChI is InChI=1S/C13H20FNO/c1-10-9-12(14)6-7-13(10)16-8-4-5-11(2)15-3/h6-7,9,11,15H,4-5,8H2,1-3H3. The third-order valence-corrected chi connectivity index (χ3v) is 2.67. The Kier molecular flexibility index (Phi) is 5.26. The van der Waals surface area contributed by atoms with Gasteiger partial charge in [-0.2, -0.15) is 0 Å². The topological polar surface area (TPSA) is 21.3 Å². The highest BCUT2D eigenvalue weighted by molar-refractivity contribution is 5.32. The second kappa shape index (κ2) is 6.48. The summed E-state index contributed by atoms with van der Waals surface area (Å²) in [7, 11) is 1.95. The van der Waals surface area contributed by atoms with Crippen molar-refractivity contribution in [2.45, 2.75) is 32.7 Å².